The first-order valence-corrected chi connectivity index (χ1v) is 6.85. The Morgan fingerprint density at radius 3 is 2.77 bits per heavy atom. The van der Waals surface area contributed by atoms with Crippen LogP contribution in [0.5, 0.6) is 0 Å². The number of hydrogen-bond donors (Lipinski definition) is 4. The average molecular weight is 303 g/mol. The molecule has 0 saturated carbocycles. The van der Waals surface area contributed by atoms with Crippen LogP contribution in [-0.4, -0.2) is 28.9 Å². The molecule has 0 spiro atoms. The lowest BCUT2D eigenvalue weighted by molar-refractivity contribution is -0.139. The van der Waals surface area contributed by atoms with E-state index >= 15 is 0 Å². The Hall–Kier alpha value is -2.83. The van der Waals surface area contributed by atoms with Gasteiger partial charge in [0.2, 0.25) is 5.91 Å². The molecular weight excluding hydrogens is 286 g/mol. The van der Waals surface area contributed by atoms with E-state index in [1.807, 2.05) is 0 Å². The van der Waals surface area contributed by atoms with Gasteiger partial charge in [0, 0.05) is 12.1 Å². The number of fused-ring (bicyclic) bond motifs is 1. The highest BCUT2D eigenvalue weighted by Crippen LogP contribution is 2.20. The molecule has 1 aromatic carbocycles. The van der Waals surface area contributed by atoms with Crippen molar-refractivity contribution in [2.45, 2.75) is 25.3 Å². The van der Waals surface area contributed by atoms with Crippen molar-refractivity contribution in [3.8, 4) is 0 Å². The van der Waals surface area contributed by atoms with E-state index in [2.05, 4.69) is 10.6 Å². The van der Waals surface area contributed by atoms with Crippen molar-refractivity contribution < 1.29 is 19.5 Å². The van der Waals surface area contributed by atoms with Crippen molar-refractivity contribution in [1.29, 1.82) is 0 Å². The molecule has 1 aliphatic rings. The second kappa shape index (κ2) is 6.75. The van der Waals surface area contributed by atoms with E-state index in [-0.39, 0.29) is 30.0 Å². The molecule has 1 atom stereocenters. The Morgan fingerprint density at radius 2 is 2.05 bits per heavy atom. The Bertz CT molecular complexity index is 640. The first kappa shape index (κ1) is 15.6. The second-order valence-corrected chi connectivity index (χ2v) is 4.96. The van der Waals surface area contributed by atoms with E-state index in [4.69, 9.17) is 10.8 Å². The second-order valence-electron chi connectivity index (χ2n) is 4.96. The molecule has 2 amide bonds. The molecule has 0 fully saturated rings. The fraction of sp³-hybridized carbons (Fsp3) is 0.267. The van der Waals surface area contributed by atoms with E-state index in [0.29, 0.717) is 12.1 Å². The number of nitrogens with two attached hydrogens (primary N) is 1. The van der Waals surface area contributed by atoms with Crippen molar-refractivity contribution in [2.24, 2.45) is 0 Å². The van der Waals surface area contributed by atoms with Gasteiger partial charge in [-0.05, 0) is 31.0 Å². The average Bonchev–Trinajstić information content (AvgIpc) is 2.44. The van der Waals surface area contributed by atoms with Gasteiger partial charge in [-0.15, -0.1) is 0 Å². The number of carbonyl (C=O) groups is 3. The lowest BCUT2D eigenvalue weighted by atomic mass is 10.1. The van der Waals surface area contributed by atoms with Crippen LogP contribution in [0.15, 0.2) is 30.4 Å². The summed E-state index contributed by atoms with van der Waals surface area (Å²) >= 11 is 0. The summed E-state index contributed by atoms with van der Waals surface area (Å²) in [6.45, 7) is 0. The first-order valence-electron chi connectivity index (χ1n) is 6.85. The molecule has 0 bridgehead atoms. The number of amides is 2. The largest absolute Gasteiger partial charge is 0.480 e. The zero-order valence-electron chi connectivity index (χ0n) is 11.8. The Kier molecular flexibility index (Phi) is 4.77. The number of rotatable bonds is 1. The van der Waals surface area contributed by atoms with E-state index in [0.717, 1.165) is 0 Å². The molecule has 1 unspecified atom stereocenters. The molecular formula is C15H17N3O4. The van der Waals surface area contributed by atoms with E-state index in [9.17, 15) is 14.4 Å². The maximum absolute atomic E-state index is 12.3. The highest BCUT2D eigenvalue weighted by Gasteiger charge is 2.22. The third-order valence-corrected chi connectivity index (χ3v) is 3.24. The van der Waals surface area contributed by atoms with Gasteiger partial charge in [0.05, 0.1) is 11.3 Å². The standard InChI is InChI=1S/C15H17N3O4/c16-9-6-7-10-12(8-9)17-13(19)5-3-1-2-4-11(15(21)22)18-14(10)20/h1-2,6-8,11H,3-5,16H2,(H,17,19)(H,18,20)(H,21,22)/b2-1-. The minimum Gasteiger partial charge on any atom is -0.480 e. The van der Waals surface area contributed by atoms with Crippen LogP contribution in [0.3, 0.4) is 0 Å². The summed E-state index contributed by atoms with van der Waals surface area (Å²) in [6, 6.07) is 3.43. The number of benzene rings is 1. The van der Waals surface area contributed by atoms with Crippen LogP contribution in [0.2, 0.25) is 0 Å². The van der Waals surface area contributed by atoms with Crippen LogP contribution in [0.4, 0.5) is 11.4 Å². The molecule has 116 valence electrons. The molecule has 0 radical (unpaired) electrons. The van der Waals surface area contributed by atoms with Gasteiger partial charge in [-0.1, -0.05) is 12.2 Å². The summed E-state index contributed by atoms with van der Waals surface area (Å²) in [5.41, 5.74) is 6.53. The number of hydrogen-bond acceptors (Lipinski definition) is 4. The van der Waals surface area contributed by atoms with E-state index in [1.54, 1.807) is 12.2 Å². The normalized spacial score (nSPS) is 20.6. The number of nitrogens with one attached hydrogen (secondary N) is 2. The number of carboxylic acid groups (broad SMARTS) is 1. The lowest BCUT2D eigenvalue weighted by Gasteiger charge is -2.16. The molecule has 0 aliphatic carbocycles. The maximum atomic E-state index is 12.3. The van der Waals surface area contributed by atoms with Crippen LogP contribution in [0.25, 0.3) is 0 Å². The SMILES string of the molecule is Nc1ccc2c(c1)NC(=O)CC/C=C\CC(C(=O)O)NC2=O. The van der Waals surface area contributed by atoms with Gasteiger partial charge in [0.1, 0.15) is 6.04 Å². The van der Waals surface area contributed by atoms with Gasteiger partial charge in [-0.25, -0.2) is 4.79 Å². The molecule has 2 rings (SSSR count). The summed E-state index contributed by atoms with van der Waals surface area (Å²) < 4.78 is 0. The number of aliphatic carboxylic acids is 1. The topological polar surface area (TPSA) is 122 Å². The molecule has 0 saturated heterocycles. The van der Waals surface area contributed by atoms with Crippen molar-refractivity contribution >= 4 is 29.2 Å². The van der Waals surface area contributed by atoms with Gasteiger partial charge in [-0.3, -0.25) is 9.59 Å². The summed E-state index contributed by atoms with van der Waals surface area (Å²) in [7, 11) is 0. The van der Waals surface area contributed by atoms with Crippen LogP contribution in [-0.2, 0) is 9.59 Å². The van der Waals surface area contributed by atoms with Gasteiger partial charge in [0.15, 0.2) is 0 Å². The first-order chi connectivity index (χ1) is 10.5. The van der Waals surface area contributed by atoms with Gasteiger partial charge in [0.25, 0.3) is 5.91 Å². The fourth-order valence-electron chi connectivity index (χ4n) is 2.10. The third-order valence-electron chi connectivity index (χ3n) is 3.24. The van der Waals surface area contributed by atoms with Gasteiger partial charge < -0.3 is 21.5 Å². The highest BCUT2D eigenvalue weighted by atomic mass is 16.4. The van der Waals surface area contributed by atoms with Crippen LogP contribution in [0.1, 0.15) is 29.6 Å². The van der Waals surface area contributed by atoms with Crippen LogP contribution in [0, 0.1) is 0 Å². The number of allylic oxidation sites excluding steroid dienone is 1. The zero-order chi connectivity index (χ0) is 16.1. The number of carboxylic acids is 1. The van der Waals surface area contributed by atoms with E-state index in [1.165, 1.54) is 18.2 Å². The molecule has 22 heavy (non-hydrogen) atoms. The number of nitrogen functional groups attached to an aromatic ring is 1. The number of anilines is 2. The van der Waals surface area contributed by atoms with Gasteiger partial charge in [-0.2, -0.15) is 0 Å². The van der Waals surface area contributed by atoms with Crippen molar-refractivity contribution in [2.75, 3.05) is 11.1 Å². The van der Waals surface area contributed by atoms with E-state index < -0.39 is 17.9 Å². The van der Waals surface area contributed by atoms with Crippen LogP contribution < -0.4 is 16.4 Å². The summed E-state index contributed by atoms with van der Waals surface area (Å²) in [5, 5.41) is 14.2. The lowest BCUT2D eigenvalue weighted by Crippen LogP contribution is -2.40. The molecule has 1 aromatic rings. The summed E-state index contributed by atoms with van der Waals surface area (Å²) in [4.78, 5) is 35.3. The quantitative estimate of drug-likeness (QED) is 0.457. The third kappa shape index (κ3) is 3.85. The molecule has 5 N–H and O–H groups in total. The summed E-state index contributed by atoms with van der Waals surface area (Å²) in [5.74, 6) is -1.92. The van der Waals surface area contributed by atoms with Crippen molar-refractivity contribution in [1.82, 2.24) is 5.32 Å². The zero-order valence-corrected chi connectivity index (χ0v) is 11.8. The Labute approximate surface area is 127 Å². The molecule has 1 aliphatic heterocycles. The molecule has 0 aromatic heterocycles. The predicted octanol–water partition coefficient (Wildman–Crippen LogP) is 1.13. The van der Waals surface area contributed by atoms with Crippen molar-refractivity contribution in [3.63, 3.8) is 0 Å². The minimum atomic E-state index is -1.11. The smallest absolute Gasteiger partial charge is 0.326 e. The van der Waals surface area contributed by atoms with Crippen LogP contribution >= 0.6 is 0 Å². The molecule has 1 heterocycles. The Morgan fingerprint density at radius 1 is 1.27 bits per heavy atom. The van der Waals surface area contributed by atoms with Crippen molar-refractivity contribution in [3.05, 3.63) is 35.9 Å². The minimum absolute atomic E-state index is 0.160. The maximum Gasteiger partial charge on any atom is 0.326 e. The molecule has 7 nitrogen and oxygen atoms in total. The monoisotopic (exact) mass is 303 g/mol. The summed E-state index contributed by atoms with van der Waals surface area (Å²) in [6.07, 6.45) is 4.27. The fourth-order valence-corrected chi connectivity index (χ4v) is 2.10. The molecule has 7 heteroatoms. The predicted molar refractivity (Wildman–Crippen MR) is 81.4 cm³/mol. The Balaban J connectivity index is 2.37. The van der Waals surface area contributed by atoms with Gasteiger partial charge >= 0.3 is 5.97 Å². The number of carbonyl (C=O) groups excluding carboxylic acids is 2. The highest BCUT2D eigenvalue weighted by molar-refractivity contribution is 6.05.